The average Bonchev–Trinajstić information content (AvgIpc) is 3.45. The molecule has 1 N–H and O–H groups in total. The standard InChI is InChI=1S/C23H22F2N6/c1-3-23(7-8-23)13-28-22-27-9-6-18(29-22)20-19(16-5-4-15(24)12-17(16)25)30-21-14(2)26-10-11-31(20)21/h4-6,9-12H,3,7-8,13H2,1-2H3,(H,27,28,29). The van der Waals surface area contributed by atoms with E-state index in [1.165, 1.54) is 25.0 Å². The van der Waals surface area contributed by atoms with Crippen LogP contribution in [0.4, 0.5) is 14.7 Å². The molecule has 3 aromatic heterocycles. The molecule has 0 spiro atoms. The number of anilines is 1. The fraction of sp³-hybridized carbons (Fsp3) is 0.304. The van der Waals surface area contributed by atoms with Crippen LogP contribution in [0.3, 0.4) is 0 Å². The second kappa shape index (κ2) is 7.37. The first kappa shape index (κ1) is 19.5. The molecule has 1 fully saturated rings. The molecule has 0 bridgehead atoms. The molecule has 6 nitrogen and oxygen atoms in total. The molecule has 0 amide bonds. The van der Waals surface area contributed by atoms with E-state index in [0.29, 0.717) is 39.8 Å². The van der Waals surface area contributed by atoms with Crippen molar-refractivity contribution in [2.45, 2.75) is 33.1 Å². The Balaban J connectivity index is 1.64. The predicted molar refractivity (Wildman–Crippen MR) is 115 cm³/mol. The number of halogens is 2. The third kappa shape index (κ3) is 3.52. The Bertz CT molecular complexity index is 1280. The molecule has 0 atom stereocenters. The van der Waals surface area contributed by atoms with Gasteiger partial charge in [0.1, 0.15) is 17.3 Å². The van der Waals surface area contributed by atoms with Crippen molar-refractivity contribution in [3.8, 4) is 22.6 Å². The molecular formula is C23H22F2N6. The topological polar surface area (TPSA) is 68.0 Å². The summed E-state index contributed by atoms with van der Waals surface area (Å²) in [4.78, 5) is 18.0. The van der Waals surface area contributed by atoms with Crippen LogP contribution < -0.4 is 5.32 Å². The van der Waals surface area contributed by atoms with Crippen molar-refractivity contribution in [1.29, 1.82) is 0 Å². The third-order valence-corrected chi connectivity index (χ3v) is 6.13. The van der Waals surface area contributed by atoms with Crippen LogP contribution in [0.25, 0.3) is 28.3 Å². The highest BCUT2D eigenvalue weighted by Gasteiger charge is 2.40. The first-order valence-corrected chi connectivity index (χ1v) is 10.4. The summed E-state index contributed by atoms with van der Waals surface area (Å²) in [5, 5.41) is 3.35. The number of aryl methyl sites for hydroxylation is 1. The van der Waals surface area contributed by atoms with E-state index in [1.807, 2.05) is 11.3 Å². The Morgan fingerprint density at radius 2 is 1.94 bits per heavy atom. The first-order valence-electron chi connectivity index (χ1n) is 10.4. The summed E-state index contributed by atoms with van der Waals surface area (Å²) in [5.74, 6) is -0.798. The summed E-state index contributed by atoms with van der Waals surface area (Å²) >= 11 is 0. The number of rotatable bonds is 6. The molecule has 1 aliphatic rings. The van der Waals surface area contributed by atoms with Crippen molar-refractivity contribution in [3.63, 3.8) is 0 Å². The van der Waals surface area contributed by atoms with Crippen molar-refractivity contribution < 1.29 is 8.78 Å². The fourth-order valence-corrected chi connectivity index (χ4v) is 3.89. The zero-order valence-electron chi connectivity index (χ0n) is 17.4. The average molecular weight is 420 g/mol. The van der Waals surface area contributed by atoms with E-state index in [4.69, 9.17) is 4.98 Å². The van der Waals surface area contributed by atoms with Gasteiger partial charge in [0.2, 0.25) is 5.95 Å². The van der Waals surface area contributed by atoms with Gasteiger partial charge < -0.3 is 5.32 Å². The van der Waals surface area contributed by atoms with Gasteiger partial charge in [0.05, 0.1) is 17.1 Å². The Hall–Kier alpha value is -3.42. The molecular weight excluding hydrogens is 398 g/mol. The van der Waals surface area contributed by atoms with Crippen molar-refractivity contribution in [2.24, 2.45) is 5.41 Å². The quantitative estimate of drug-likeness (QED) is 0.473. The monoisotopic (exact) mass is 420 g/mol. The van der Waals surface area contributed by atoms with Gasteiger partial charge in [-0.3, -0.25) is 9.38 Å². The summed E-state index contributed by atoms with van der Waals surface area (Å²) in [6, 6.07) is 5.25. The summed E-state index contributed by atoms with van der Waals surface area (Å²) in [7, 11) is 0. The minimum Gasteiger partial charge on any atom is -0.354 e. The maximum atomic E-state index is 14.7. The van der Waals surface area contributed by atoms with Crippen molar-refractivity contribution in [2.75, 3.05) is 11.9 Å². The van der Waals surface area contributed by atoms with Crippen LogP contribution >= 0.6 is 0 Å². The normalized spacial score (nSPS) is 14.7. The lowest BCUT2D eigenvalue weighted by molar-refractivity contribution is 0.520. The number of benzene rings is 1. The molecule has 31 heavy (non-hydrogen) atoms. The Kier molecular flexibility index (Phi) is 4.64. The van der Waals surface area contributed by atoms with Gasteiger partial charge in [-0.2, -0.15) is 0 Å². The Morgan fingerprint density at radius 3 is 2.68 bits per heavy atom. The van der Waals surface area contributed by atoms with Crippen LogP contribution in [0.15, 0.2) is 42.9 Å². The lowest BCUT2D eigenvalue weighted by atomic mass is 10.0. The van der Waals surface area contributed by atoms with E-state index in [-0.39, 0.29) is 5.56 Å². The van der Waals surface area contributed by atoms with Crippen LogP contribution in [0.2, 0.25) is 0 Å². The molecule has 0 aliphatic heterocycles. The van der Waals surface area contributed by atoms with E-state index in [9.17, 15) is 8.78 Å². The van der Waals surface area contributed by atoms with Gasteiger partial charge in [0.15, 0.2) is 5.65 Å². The van der Waals surface area contributed by atoms with Gasteiger partial charge in [-0.1, -0.05) is 6.92 Å². The number of imidazole rings is 1. The molecule has 158 valence electrons. The van der Waals surface area contributed by atoms with Gasteiger partial charge in [0, 0.05) is 36.8 Å². The fourth-order valence-electron chi connectivity index (χ4n) is 3.89. The minimum absolute atomic E-state index is 0.204. The van der Waals surface area contributed by atoms with Gasteiger partial charge >= 0.3 is 0 Å². The Morgan fingerprint density at radius 1 is 1.10 bits per heavy atom. The highest BCUT2D eigenvalue weighted by atomic mass is 19.1. The second-order valence-electron chi connectivity index (χ2n) is 8.11. The number of nitrogens with zero attached hydrogens (tertiary/aromatic N) is 5. The molecule has 3 heterocycles. The maximum absolute atomic E-state index is 14.7. The van der Waals surface area contributed by atoms with Crippen molar-refractivity contribution in [3.05, 3.63) is 60.2 Å². The number of nitrogens with one attached hydrogen (secondary N) is 1. The second-order valence-corrected chi connectivity index (χ2v) is 8.11. The van der Waals surface area contributed by atoms with Crippen LogP contribution in [-0.2, 0) is 0 Å². The van der Waals surface area contributed by atoms with Crippen LogP contribution in [-0.4, -0.2) is 30.9 Å². The maximum Gasteiger partial charge on any atom is 0.223 e. The van der Waals surface area contributed by atoms with E-state index in [1.54, 1.807) is 24.7 Å². The highest BCUT2D eigenvalue weighted by Crippen LogP contribution is 2.48. The van der Waals surface area contributed by atoms with Crippen LogP contribution in [0.5, 0.6) is 0 Å². The summed E-state index contributed by atoms with van der Waals surface area (Å²) in [6.45, 7) is 4.86. The van der Waals surface area contributed by atoms with E-state index in [2.05, 4.69) is 27.2 Å². The molecule has 8 heteroatoms. The van der Waals surface area contributed by atoms with Crippen LogP contribution in [0, 0.1) is 24.0 Å². The largest absolute Gasteiger partial charge is 0.354 e. The van der Waals surface area contributed by atoms with Gasteiger partial charge in [-0.25, -0.2) is 23.7 Å². The number of hydrogen-bond donors (Lipinski definition) is 1. The van der Waals surface area contributed by atoms with Gasteiger partial charge in [-0.05, 0) is 49.8 Å². The molecule has 4 aromatic rings. The van der Waals surface area contributed by atoms with E-state index >= 15 is 0 Å². The lowest BCUT2D eigenvalue weighted by Gasteiger charge is -2.14. The van der Waals surface area contributed by atoms with Gasteiger partial charge in [0.25, 0.3) is 0 Å². The molecule has 0 unspecified atom stereocenters. The van der Waals surface area contributed by atoms with E-state index < -0.39 is 11.6 Å². The highest BCUT2D eigenvalue weighted by molar-refractivity contribution is 5.81. The zero-order chi connectivity index (χ0) is 21.6. The molecule has 5 rings (SSSR count). The molecule has 0 saturated heterocycles. The molecule has 1 aromatic carbocycles. The number of fused-ring (bicyclic) bond motifs is 1. The summed E-state index contributed by atoms with van der Waals surface area (Å²) in [6.07, 6.45) is 8.65. The number of aromatic nitrogens is 5. The summed E-state index contributed by atoms with van der Waals surface area (Å²) in [5.41, 5.74) is 3.41. The van der Waals surface area contributed by atoms with Crippen LogP contribution in [0.1, 0.15) is 31.9 Å². The first-order chi connectivity index (χ1) is 15.0. The molecule has 1 saturated carbocycles. The zero-order valence-corrected chi connectivity index (χ0v) is 17.4. The SMILES string of the molecule is CCC1(CNc2nccc(-c3c(-c4ccc(F)cc4F)nc4c(C)nccn34)n2)CC1. The van der Waals surface area contributed by atoms with E-state index in [0.717, 1.165) is 19.0 Å². The smallest absolute Gasteiger partial charge is 0.223 e. The third-order valence-electron chi connectivity index (χ3n) is 6.13. The Labute approximate surface area is 178 Å². The van der Waals surface area contributed by atoms with Crippen molar-refractivity contribution >= 4 is 11.6 Å². The molecule has 1 aliphatic carbocycles. The van der Waals surface area contributed by atoms with Gasteiger partial charge in [-0.15, -0.1) is 0 Å². The summed E-state index contributed by atoms with van der Waals surface area (Å²) < 4.78 is 30.0. The van der Waals surface area contributed by atoms with Crippen molar-refractivity contribution in [1.82, 2.24) is 24.3 Å². The molecule has 0 radical (unpaired) electrons. The number of hydrogen-bond acceptors (Lipinski definition) is 5. The lowest BCUT2D eigenvalue weighted by Crippen LogP contribution is -2.16. The predicted octanol–water partition coefficient (Wildman–Crippen LogP) is 5.04. The minimum atomic E-state index is -0.679.